The summed E-state index contributed by atoms with van der Waals surface area (Å²) in [5.74, 6) is 5.64. The second-order valence-corrected chi connectivity index (χ2v) is 3.57. The van der Waals surface area contributed by atoms with Gasteiger partial charge in [0.05, 0.1) is 6.54 Å². The van der Waals surface area contributed by atoms with Crippen LogP contribution in [0.1, 0.15) is 12.5 Å². The Morgan fingerprint density at radius 3 is 2.71 bits per heavy atom. The molecule has 0 saturated heterocycles. The van der Waals surface area contributed by atoms with E-state index in [2.05, 4.69) is 10.4 Å². The van der Waals surface area contributed by atoms with Crippen molar-refractivity contribution in [2.24, 2.45) is 5.84 Å². The molecular weight excluding hydrogens is 233 g/mol. The number of pyridine rings is 1. The van der Waals surface area contributed by atoms with E-state index in [4.69, 9.17) is 5.84 Å². The monoisotopic (exact) mass is 248 g/mol. The maximum absolute atomic E-state index is 12.3. The topological polar surface area (TPSA) is 54.2 Å². The lowest BCUT2D eigenvalue weighted by Gasteiger charge is -2.22. The van der Waals surface area contributed by atoms with Gasteiger partial charge in [-0.3, -0.25) is 4.90 Å². The van der Waals surface area contributed by atoms with Crippen LogP contribution in [0.3, 0.4) is 0 Å². The number of rotatable bonds is 5. The molecule has 1 rings (SSSR count). The molecule has 1 aromatic rings. The van der Waals surface area contributed by atoms with E-state index in [0.29, 0.717) is 17.9 Å². The van der Waals surface area contributed by atoms with Gasteiger partial charge in [-0.15, -0.1) is 0 Å². The molecule has 0 amide bonds. The minimum Gasteiger partial charge on any atom is -0.308 e. The molecule has 0 atom stereocenters. The first kappa shape index (κ1) is 13.7. The maximum Gasteiger partial charge on any atom is 0.401 e. The van der Waals surface area contributed by atoms with Crippen molar-refractivity contribution in [2.45, 2.75) is 19.6 Å². The number of nitrogens with one attached hydrogen (secondary N) is 1. The molecule has 0 aliphatic carbocycles. The number of nitrogens with two attached hydrogens (primary N) is 1. The second-order valence-electron chi connectivity index (χ2n) is 3.57. The molecule has 0 unspecified atom stereocenters. The normalized spacial score (nSPS) is 11.9. The highest BCUT2D eigenvalue weighted by Crippen LogP contribution is 2.19. The van der Waals surface area contributed by atoms with Crippen molar-refractivity contribution < 1.29 is 13.2 Å². The van der Waals surface area contributed by atoms with Crippen LogP contribution in [0.15, 0.2) is 18.3 Å². The number of nitrogens with zero attached hydrogens (tertiary/aromatic N) is 2. The number of hydrogen-bond donors (Lipinski definition) is 2. The molecule has 0 radical (unpaired) electrons. The summed E-state index contributed by atoms with van der Waals surface area (Å²) >= 11 is 0. The Balaban J connectivity index is 2.73. The van der Waals surface area contributed by atoms with Gasteiger partial charge in [0.2, 0.25) is 0 Å². The van der Waals surface area contributed by atoms with Crippen LogP contribution < -0.4 is 11.3 Å². The van der Waals surface area contributed by atoms with Crippen LogP contribution in [0.4, 0.5) is 19.0 Å². The van der Waals surface area contributed by atoms with Crippen LogP contribution in [0.25, 0.3) is 0 Å². The minimum atomic E-state index is -4.20. The van der Waals surface area contributed by atoms with E-state index >= 15 is 0 Å². The summed E-state index contributed by atoms with van der Waals surface area (Å²) < 4.78 is 36.8. The number of hydrogen-bond acceptors (Lipinski definition) is 4. The SMILES string of the molecule is CCN(Cc1cccnc1NN)CC(F)(F)F. The van der Waals surface area contributed by atoms with E-state index < -0.39 is 12.7 Å². The van der Waals surface area contributed by atoms with Crippen molar-refractivity contribution in [1.29, 1.82) is 0 Å². The lowest BCUT2D eigenvalue weighted by molar-refractivity contribution is -0.146. The van der Waals surface area contributed by atoms with Crippen LogP contribution in [0, 0.1) is 0 Å². The largest absolute Gasteiger partial charge is 0.401 e. The van der Waals surface area contributed by atoms with Crippen molar-refractivity contribution in [2.75, 3.05) is 18.5 Å². The predicted molar refractivity (Wildman–Crippen MR) is 59.1 cm³/mol. The average molecular weight is 248 g/mol. The third kappa shape index (κ3) is 4.58. The molecule has 1 aromatic heterocycles. The lowest BCUT2D eigenvalue weighted by Crippen LogP contribution is -2.34. The smallest absolute Gasteiger partial charge is 0.308 e. The van der Waals surface area contributed by atoms with E-state index in [1.807, 2.05) is 0 Å². The van der Waals surface area contributed by atoms with E-state index in [0.717, 1.165) is 0 Å². The Morgan fingerprint density at radius 1 is 1.47 bits per heavy atom. The molecule has 17 heavy (non-hydrogen) atoms. The van der Waals surface area contributed by atoms with Gasteiger partial charge in [0, 0.05) is 18.3 Å². The van der Waals surface area contributed by atoms with Gasteiger partial charge in [-0.05, 0) is 12.6 Å². The van der Waals surface area contributed by atoms with Crippen molar-refractivity contribution in [1.82, 2.24) is 9.88 Å². The zero-order valence-electron chi connectivity index (χ0n) is 9.46. The molecule has 7 heteroatoms. The number of alkyl halides is 3. The molecule has 0 spiro atoms. The Labute approximate surface area is 97.6 Å². The first-order chi connectivity index (χ1) is 7.96. The molecule has 0 saturated carbocycles. The third-order valence-corrected chi connectivity index (χ3v) is 2.27. The molecule has 96 valence electrons. The number of hydrazine groups is 1. The highest BCUT2D eigenvalue weighted by atomic mass is 19.4. The molecule has 4 nitrogen and oxygen atoms in total. The summed E-state index contributed by atoms with van der Waals surface area (Å²) in [4.78, 5) is 5.21. The first-order valence-corrected chi connectivity index (χ1v) is 5.16. The van der Waals surface area contributed by atoms with E-state index in [1.165, 1.54) is 11.1 Å². The van der Waals surface area contributed by atoms with Gasteiger partial charge >= 0.3 is 6.18 Å². The maximum atomic E-state index is 12.3. The van der Waals surface area contributed by atoms with E-state index in [1.54, 1.807) is 19.1 Å². The van der Waals surface area contributed by atoms with Gasteiger partial charge in [-0.25, -0.2) is 10.8 Å². The summed E-state index contributed by atoms with van der Waals surface area (Å²) in [6, 6.07) is 3.36. The summed E-state index contributed by atoms with van der Waals surface area (Å²) in [6.07, 6.45) is -2.67. The average Bonchev–Trinajstić information content (AvgIpc) is 2.27. The fraction of sp³-hybridized carbons (Fsp3) is 0.500. The van der Waals surface area contributed by atoms with Gasteiger partial charge < -0.3 is 5.43 Å². The first-order valence-electron chi connectivity index (χ1n) is 5.16. The molecular formula is C10H15F3N4. The zero-order valence-corrected chi connectivity index (χ0v) is 9.46. The van der Waals surface area contributed by atoms with Gasteiger partial charge in [0.25, 0.3) is 0 Å². The molecule has 0 aliphatic rings. The standard InChI is InChI=1S/C10H15F3N4/c1-2-17(7-10(11,12)13)6-8-4-3-5-15-9(8)16-14/h3-5H,2,6-7,14H2,1H3,(H,15,16). The van der Waals surface area contributed by atoms with Crippen molar-refractivity contribution in [3.8, 4) is 0 Å². The number of anilines is 1. The zero-order chi connectivity index (χ0) is 12.9. The van der Waals surface area contributed by atoms with E-state index in [9.17, 15) is 13.2 Å². The number of halogens is 3. The number of nitrogen functional groups attached to an aromatic ring is 1. The van der Waals surface area contributed by atoms with Crippen LogP contribution in [-0.4, -0.2) is 29.1 Å². The van der Waals surface area contributed by atoms with Crippen LogP contribution >= 0.6 is 0 Å². The van der Waals surface area contributed by atoms with Crippen molar-refractivity contribution >= 4 is 5.82 Å². The van der Waals surface area contributed by atoms with Gasteiger partial charge in [-0.2, -0.15) is 13.2 Å². The summed E-state index contributed by atoms with van der Waals surface area (Å²) in [7, 11) is 0. The van der Waals surface area contributed by atoms with Gasteiger partial charge in [0.15, 0.2) is 0 Å². The Morgan fingerprint density at radius 2 is 2.18 bits per heavy atom. The molecule has 3 N–H and O–H groups in total. The Bertz CT molecular complexity index is 354. The quantitative estimate of drug-likeness (QED) is 0.615. The highest BCUT2D eigenvalue weighted by molar-refractivity contribution is 5.42. The fourth-order valence-corrected chi connectivity index (χ4v) is 1.47. The molecule has 1 heterocycles. The summed E-state index contributed by atoms with van der Waals surface area (Å²) in [5, 5.41) is 0. The molecule has 0 aromatic carbocycles. The van der Waals surface area contributed by atoms with Crippen molar-refractivity contribution in [3.05, 3.63) is 23.9 Å². The van der Waals surface area contributed by atoms with Crippen LogP contribution in [-0.2, 0) is 6.54 Å². The minimum absolute atomic E-state index is 0.156. The summed E-state index contributed by atoms with van der Waals surface area (Å²) in [6.45, 7) is 1.20. The fourth-order valence-electron chi connectivity index (χ4n) is 1.47. The lowest BCUT2D eigenvalue weighted by atomic mass is 10.2. The molecule has 0 fully saturated rings. The van der Waals surface area contributed by atoms with Gasteiger partial charge in [0.1, 0.15) is 5.82 Å². The number of aromatic nitrogens is 1. The molecule has 0 bridgehead atoms. The predicted octanol–water partition coefficient (Wildman–Crippen LogP) is 1.75. The highest BCUT2D eigenvalue weighted by Gasteiger charge is 2.30. The summed E-state index contributed by atoms with van der Waals surface area (Å²) in [5.41, 5.74) is 3.01. The van der Waals surface area contributed by atoms with Gasteiger partial charge in [-0.1, -0.05) is 13.0 Å². The Hall–Kier alpha value is -1.34. The second kappa shape index (κ2) is 5.83. The Kier molecular flexibility index (Phi) is 4.71. The van der Waals surface area contributed by atoms with Crippen molar-refractivity contribution in [3.63, 3.8) is 0 Å². The van der Waals surface area contributed by atoms with Crippen LogP contribution in [0.5, 0.6) is 0 Å². The van der Waals surface area contributed by atoms with E-state index in [-0.39, 0.29) is 6.54 Å². The molecule has 0 aliphatic heterocycles. The third-order valence-electron chi connectivity index (χ3n) is 2.27. The van der Waals surface area contributed by atoms with Crippen LogP contribution in [0.2, 0.25) is 0 Å².